The SMILES string of the molecule is CCC(O)(CC)CN1CCCC(NC)C1=O. The zero-order valence-corrected chi connectivity index (χ0v) is 10.6. The second-order valence-corrected chi connectivity index (χ2v) is 4.67. The highest BCUT2D eigenvalue weighted by Crippen LogP contribution is 2.20. The van der Waals surface area contributed by atoms with Crippen LogP contribution in [0, 0.1) is 0 Å². The Morgan fingerprint density at radius 2 is 2.12 bits per heavy atom. The molecular weight excluding hydrogens is 204 g/mol. The number of likely N-dealkylation sites (tertiary alicyclic amines) is 1. The number of rotatable bonds is 5. The summed E-state index contributed by atoms with van der Waals surface area (Å²) in [5, 5.41) is 13.3. The van der Waals surface area contributed by atoms with E-state index in [0.717, 1.165) is 19.4 Å². The van der Waals surface area contributed by atoms with Crippen LogP contribution in [0.2, 0.25) is 0 Å². The van der Waals surface area contributed by atoms with Crippen molar-refractivity contribution in [1.82, 2.24) is 10.2 Å². The fourth-order valence-corrected chi connectivity index (χ4v) is 2.19. The summed E-state index contributed by atoms with van der Waals surface area (Å²) in [4.78, 5) is 13.8. The number of hydrogen-bond acceptors (Lipinski definition) is 3. The molecule has 1 unspecified atom stereocenters. The normalized spacial score (nSPS) is 22.6. The molecule has 1 fully saturated rings. The van der Waals surface area contributed by atoms with Gasteiger partial charge >= 0.3 is 0 Å². The van der Waals surface area contributed by atoms with Crippen LogP contribution in [0.5, 0.6) is 0 Å². The zero-order chi connectivity index (χ0) is 12.2. The van der Waals surface area contributed by atoms with Crippen molar-refractivity contribution in [1.29, 1.82) is 0 Å². The molecule has 16 heavy (non-hydrogen) atoms. The van der Waals surface area contributed by atoms with E-state index in [1.54, 1.807) is 4.90 Å². The summed E-state index contributed by atoms with van der Waals surface area (Å²) in [6, 6.07) is -0.0632. The molecule has 1 amide bonds. The smallest absolute Gasteiger partial charge is 0.239 e. The topological polar surface area (TPSA) is 52.6 Å². The van der Waals surface area contributed by atoms with Gasteiger partial charge in [0.15, 0.2) is 0 Å². The highest BCUT2D eigenvalue weighted by atomic mass is 16.3. The Morgan fingerprint density at radius 1 is 1.50 bits per heavy atom. The first kappa shape index (κ1) is 13.5. The van der Waals surface area contributed by atoms with Crippen molar-refractivity contribution < 1.29 is 9.90 Å². The molecule has 0 bridgehead atoms. The molecule has 0 spiro atoms. The monoisotopic (exact) mass is 228 g/mol. The van der Waals surface area contributed by atoms with Crippen LogP contribution in [0.3, 0.4) is 0 Å². The summed E-state index contributed by atoms with van der Waals surface area (Å²) in [5.74, 6) is 0.133. The van der Waals surface area contributed by atoms with Gasteiger partial charge in [0.25, 0.3) is 0 Å². The minimum Gasteiger partial charge on any atom is -0.388 e. The van der Waals surface area contributed by atoms with Crippen molar-refractivity contribution in [2.24, 2.45) is 0 Å². The molecule has 1 aliphatic rings. The average Bonchev–Trinajstić information content (AvgIpc) is 2.32. The maximum Gasteiger partial charge on any atom is 0.239 e. The number of aliphatic hydroxyl groups is 1. The molecule has 0 aromatic rings. The maximum absolute atomic E-state index is 12.0. The number of likely N-dealkylation sites (N-methyl/N-ethyl adjacent to an activating group) is 1. The molecule has 1 heterocycles. The molecule has 2 N–H and O–H groups in total. The average molecular weight is 228 g/mol. The fraction of sp³-hybridized carbons (Fsp3) is 0.917. The minimum absolute atomic E-state index is 0.0632. The summed E-state index contributed by atoms with van der Waals surface area (Å²) in [7, 11) is 1.82. The minimum atomic E-state index is -0.717. The van der Waals surface area contributed by atoms with Gasteiger partial charge < -0.3 is 15.3 Å². The lowest BCUT2D eigenvalue weighted by Gasteiger charge is -2.37. The van der Waals surface area contributed by atoms with Gasteiger partial charge in [0.2, 0.25) is 5.91 Å². The lowest BCUT2D eigenvalue weighted by Crippen LogP contribution is -2.54. The second-order valence-electron chi connectivity index (χ2n) is 4.67. The Morgan fingerprint density at radius 3 is 2.62 bits per heavy atom. The van der Waals surface area contributed by atoms with Crippen LogP contribution in [-0.2, 0) is 4.79 Å². The van der Waals surface area contributed by atoms with Gasteiger partial charge in [-0.05, 0) is 32.7 Å². The quantitative estimate of drug-likeness (QED) is 0.730. The van der Waals surface area contributed by atoms with Crippen molar-refractivity contribution in [3.63, 3.8) is 0 Å². The van der Waals surface area contributed by atoms with Gasteiger partial charge in [0, 0.05) is 13.1 Å². The Labute approximate surface area is 98.0 Å². The number of nitrogens with zero attached hydrogens (tertiary/aromatic N) is 1. The van der Waals surface area contributed by atoms with Gasteiger partial charge in [-0.3, -0.25) is 4.79 Å². The Balaban J connectivity index is 2.62. The van der Waals surface area contributed by atoms with E-state index in [1.807, 2.05) is 20.9 Å². The number of carbonyl (C=O) groups excluding carboxylic acids is 1. The van der Waals surface area contributed by atoms with E-state index in [9.17, 15) is 9.90 Å². The standard InChI is InChI=1S/C12H24N2O2/c1-4-12(16,5-2)9-14-8-6-7-10(13-3)11(14)15/h10,13,16H,4-9H2,1-3H3. The van der Waals surface area contributed by atoms with Crippen molar-refractivity contribution in [2.45, 2.75) is 51.2 Å². The molecular formula is C12H24N2O2. The van der Waals surface area contributed by atoms with E-state index in [-0.39, 0.29) is 11.9 Å². The van der Waals surface area contributed by atoms with Crippen molar-refractivity contribution in [3.8, 4) is 0 Å². The first-order chi connectivity index (χ1) is 7.56. The zero-order valence-electron chi connectivity index (χ0n) is 10.6. The third kappa shape index (κ3) is 2.95. The van der Waals surface area contributed by atoms with E-state index >= 15 is 0 Å². The number of nitrogens with one attached hydrogen (secondary N) is 1. The predicted octanol–water partition coefficient (Wildman–Crippen LogP) is 0.748. The highest BCUT2D eigenvalue weighted by molar-refractivity contribution is 5.82. The van der Waals surface area contributed by atoms with Crippen molar-refractivity contribution >= 4 is 5.91 Å². The van der Waals surface area contributed by atoms with E-state index in [4.69, 9.17) is 0 Å². The van der Waals surface area contributed by atoms with Gasteiger partial charge in [-0.15, -0.1) is 0 Å². The number of amides is 1. The Bertz CT molecular complexity index is 239. The Kier molecular flexibility index (Phi) is 4.74. The summed E-state index contributed by atoms with van der Waals surface area (Å²) in [6.07, 6.45) is 3.30. The van der Waals surface area contributed by atoms with Crippen molar-refractivity contribution in [3.05, 3.63) is 0 Å². The molecule has 0 aromatic heterocycles. The van der Waals surface area contributed by atoms with Crippen LogP contribution in [-0.4, -0.2) is 47.7 Å². The largest absolute Gasteiger partial charge is 0.388 e. The van der Waals surface area contributed by atoms with Crippen LogP contribution in [0.4, 0.5) is 0 Å². The van der Waals surface area contributed by atoms with E-state index in [0.29, 0.717) is 19.4 Å². The molecule has 1 aliphatic heterocycles. The van der Waals surface area contributed by atoms with Crippen molar-refractivity contribution in [2.75, 3.05) is 20.1 Å². The summed E-state index contributed by atoms with van der Waals surface area (Å²) in [5.41, 5.74) is -0.717. The van der Waals surface area contributed by atoms with E-state index < -0.39 is 5.60 Å². The molecule has 0 saturated carbocycles. The first-order valence-corrected chi connectivity index (χ1v) is 6.24. The number of carbonyl (C=O) groups is 1. The summed E-state index contributed by atoms with van der Waals surface area (Å²) < 4.78 is 0. The molecule has 94 valence electrons. The Hall–Kier alpha value is -0.610. The van der Waals surface area contributed by atoms with Crippen LogP contribution in [0.15, 0.2) is 0 Å². The van der Waals surface area contributed by atoms with Gasteiger partial charge in [-0.1, -0.05) is 13.8 Å². The van der Waals surface area contributed by atoms with Crippen LogP contribution < -0.4 is 5.32 Å². The lowest BCUT2D eigenvalue weighted by atomic mass is 9.94. The van der Waals surface area contributed by atoms with Gasteiger partial charge in [-0.2, -0.15) is 0 Å². The number of hydrogen-bond donors (Lipinski definition) is 2. The second kappa shape index (κ2) is 5.64. The molecule has 1 atom stereocenters. The van der Waals surface area contributed by atoms with E-state index in [1.165, 1.54) is 0 Å². The summed E-state index contributed by atoms with van der Waals surface area (Å²) >= 11 is 0. The maximum atomic E-state index is 12.0. The van der Waals surface area contributed by atoms with Crippen LogP contribution >= 0.6 is 0 Å². The third-order valence-electron chi connectivity index (χ3n) is 3.68. The number of piperidine rings is 1. The third-order valence-corrected chi connectivity index (χ3v) is 3.68. The molecule has 1 saturated heterocycles. The lowest BCUT2D eigenvalue weighted by molar-refractivity contribution is -0.140. The van der Waals surface area contributed by atoms with Crippen LogP contribution in [0.1, 0.15) is 39.5 Å². The first-order valence-electron chi connectivity index (χ1n) is 6.24. The van der Waals surface area contributed by atoms with Gasteiger partial charge in [-0.25, -0.2) is 0 Å². The van der Waals surface area contributed by atoms with Gasteiger partial charge in [0.1, 0.15) is 0 Å². The number of β-amino-alcohol motifs (C(OH)–C–C–N with tert-alkyl or cyclic N) is 1. The molecule has 0 radical (unpaired) electrons. The van der Waals surface area contributed by atoms with Crippen LogP contribution in [0.25, 0.3) is 0 Å². The predicted molar refractivity (Wildman–Crippen MR) is 64.2 cm³/mol. The molecule has 1 rings (SSSR count). The molecule has 0 aromatic carbocycles. The highest BCUT2D eigenvalue weighted by Gasteiger charge is 2.33. The summed E-state index contributed by atoms with van der Waals surface area (Å²) in [6.45, 7) is 5.18. The molecule has 4 heteroatoms. The van der Waals surface area contributed by atoms with Gasteiger partial charge in [0.05, 0.1) is 11.6 Å². The molecule has 4 nitrogen and oxygen atoms in total. The fourth-order valence-electron chi connectivity index (χ4n) is 2.19. The van der Waals surface area contributed by atoms with E-state index in [2.05, 4.69) is 5.32 Å². The molecule has 0 aliphatic carbocycles.